The number of benzene rings is 1. The molecule has 6 nitrogen and oxygen atoms in total. The lowest BCUT2D eigenvalue weighted by atomic mass is 10.2. The van der Waals surface area contributed by atoms with E-state index in [4.69, 9.17) is 32.7 Å². The van der Waals surface area contributed by atoms with Crippen molar-refractivity contribution in [1.29, 1.82) is 0 Å². The van der Waals surface area contributed by atoms with E-state index in [1.807, 2.05) is 18.4 Å². The van der Waals surface area contributed by atoms with Gasteiger partial charge in [0.25, 0.3) is 0 Å². The second kappa shape index (κ2) is 7.40. The van der Waals surface area contributed by atoms with Crippen LogP contribution in [0.4, 0.5) is 5.95 Å². The average Bonchev–Trinajstić information content (AvgIpc) is 3.09. The van der Waals surface area contributed by atoms with Gasteiger partial charge in [0, 0.05) is 13.0 Å². The molecule has 1 N–H and O–H groups in total. The molecule has 3 rings (SSSR count). The highest BCUT2D eigenvalue weighted by Gasteiger charge is 2.30. The fourth-order valence-electron chi connectivity index (χ4n) is 2.95. The molecule has 8 heteroatoms. The van der Waals surface area contributed by atoms with Crippen LogP contribution in [0, 0.1) is 0 Å². The number of hydrogen-bond acceptors (Lipinski definition) is 5. The zero-order valence-corrected chi connectivity index (χ0v) is 15.9. The molecule has 0 amide bonds. The van der Waals surface area contributed by atoms with Crippen LogP contribution < -0.4 is 5.32 Å². The van der Waals surface area contributed by atoms with E-state index in [-0.39, 0.29) is 30.9 Å². The molecule has 0 bridgehead atoms. The molecule has 2 atom stereocenters. The van der Waals surface area contributed by atoms with Crippen molar-refractivity contribution >= 4 is 46.2 Å². The first kappa shape index (κ1) is 18.3. The quantitative estimate of drug-likeness (QED) is 0.772. The summed E-state index contributed by atoms with van der Waals surface area (Å²) in [7, 11) is 0. The lowest BCUT2D eigenvalue weighted by Gasteiger charge is -2.19. The van der Waals surface area contributed by atoms with Crippen LogP contribution in [0.1, 0.15) is 39.8 Å². The number of ether oxygens (including phenoxy) is 2. The van der Waals surface area contributed by atoms with Crippen molar-refractivity contribution in [1.82, 2.24) is 9.55 Å². The number of carbonyl (C=O) groups excluding carboxylic acids is 1. The van der Waals surface area contributed by atoms with Crippen molar-refractivity contribution in [2.24, 2.45) is 0 Å². The zero-order chi connectivity index (χ0) is 18.1. The standard InChI is InChI=1S/C17H21Cl2N3O3/c1-9(2)20-17-21-14-6-12(18)13(19)7-15(14)22(17)16-5-4-11(25-16)8-24-10(3)23/h6-7,9,11,16H,4-5,8H2,1-3H3,(H,20,21). The molecule has 2 aromatic rings. The summed E-state index contributed by atoms with van der Waals surface area (Å²) in [5.74, 6) is 0.408. The number of esters is 1. The Morgan fingerprint density at radius 2 is 2.12 bits per heavy atom. The number of halogens is 2. The molecule has 0 spiro atoms. The molecule has 1 fully saturated rings. The molecule has 1 aliphatic heterocycles. The van der Waals surface area contributed by atoms with E-state index < -0.39 is 0 Å². The SMILES string of the molecule is CC(=O)OCC1CCC(n2c(NC(C)C)nc3cc(Cl)c(Cl)cc32)O1. The summed E-state index contributed by atoms with van der Waals surface area (Å²) in [6, 6.07) is 3.77. The largest absolute Gasteiger partial charge is 0.463 e. The number of nitrogens with zero attached hydrogens (tertiary/aromatic N) is 2. The Labute approximate surface area is 156 Å². The van der Waals surface area contributed by atoms with Crippen LogP contribution in [0.3, 0.4) is 0 Å². The van der Waals surface area contributed by atoms with E-state index in [1.165, 1.54) is 6.92 Å². The summed E-state index contributed by atoms with van der Waals surface area (Å²) < 4.78 is 13.2. The fourth-order valence-corrected chi connectivity index (χ4v) is 3.27. The number of anilines is 1. The van der Waals surface area contributed by atoms with E-state index in [9.17, 15) is 4.79 Å². The molecule has 1 aliphatic rings. The molecule has 0 saturated carbocycles. The fraction of sp³-hybridized carbons (Fsp3) is 0.529. The van der Waals surface area contributed by atoms with Gasteiger partial charge in [0.1, 0.15) is 12.8 Å². The topological polar surface area (TPSA) is 65.4 Å². The van der Waals surface area contributed by atoms with Gasteiger partial charge in [0.15, 0.2) is 0 Å². The maximum Gasteiger partial charge on any atom is 0.302 e. The minimum atomic E-state index is -0.302. The normalized spacial score (nSPS) is 20.4. The Morgan fingerprint density at radius 1 is 1.40 bits per heavy atom. The lowest BCUT2D eigenvalue weighted by Crippen LogP contribution is -2.20. The first-order valence-corrected chi connectivity index (χ1v) is 9.03. The minimum absolute atomic E-state index is 0.124. The van der Waals surface area contributed by atoms with Gasteiger partial charge in [-0.1, -0.05) is 23.2 Å². The van der Waals surface area contributed by atoms with E-state index in [0.29, 0.717) is 16.0 Å². The smallest absolute Gasteiger partial charge is 0.302 e. The van der Waals surface area contributed by atoms with E-state index >= 15 is 0 Å². The number of aromatic nitrogens is 2. The number of rotatable bonds is 5. The third kappa shape index (κ3) is 4.02. The van der Waals surface area contributed by atoms with Gasteiger partial charge in [-0.3, -0.25) is 9.36 Å². The third-order valence-corrected chi connectivity index (χ3v) is 4.72. The zero-order valence-electron chi connectivity index (χ0n) is 14.4. The van der Waals surface area contributed by atoms with E-state index in [0.717, 1.165) is 23.9 Å². The van der Waals surface area contributed by atoms with Crippen molar-refractivity contribution in [3.05, 3.63) is 22.2 Å². The molecule has 136 valence electrons. The van der Waals surface area contributed by atoms with Gasteiger partial charge in [0.2, 0.25) is 5.95 Å². The van der Waals surface area contributed by atoms with Gasteiger partial charge in [-0.05, 0) is 38.8 Å². The van der Waals surface area contributed by atoms with Gasteiger partial charge in [-0.15, -0.1) is 0 Å². The van der Waals surface area contributed by atoms with Crippen molar-refractivity contribution in [3.63, 3.8) is 0 Å². The van der Waals surface area contributed by atoms with E-state index in [2.05, 4.69) is 10.3 Å². The summed E-state index contributed by atoms with van der Waals surface area (Å²) in [4.78, 5) is 15.6. The van der Waals surface area contributed by atoms with Crippen molar-refractivity contribution < 1.29 is 14.3 Å². The Bertz CT molecular complexity index is 791. The summed E-state index contributed by atoms with van der Waals surface area (Å²) >= 11 is 12.3. The molecular formula is C17H21Cl2N3O3. The molecule has 1 aromatic carbocycles. The van der Waals surface area contributed by atoms with Crippen molar-refractivity contribution in [3.8, 4) is 0 Å². The Hall–Kier alpha value is -1.50. The van der Waals surface area contributed by atoms with Crippen LogP contribution in [0.25, 0.3) is 11.0 Å². The number of fused-ring (bicyclic) bond motifs is 1. The van der Waals surface area contributed by atoms with Crippen molar-refractivity contribution in [2.75, 3.05) is 11.9 Å². The first-order valence-electron chi connectivity index (χ1n) is 8.27. The molecular weight excluding hydrogens is 365 g/mol. The van der Waals surface area contributed by atoms with Crippen LogP contribution >= 0.6 is 23.2 Å². The van der Waals surface area contributed by atoms with Gasteiger partial charge >= 0.3 is 5.97 Å². The highest BCUT2D eigenvalue weighted by molar-refractivity contribution is 6.42. The maximum atomic E-state index is 11.0. The van der Waals surface area contributed by atoms with Gasteiger partial charge in [-0.2, -0.15) is 0 Å². The number of nitrogens with one attached hydrogen (secondary N) is 1. The van der Waals surface area contributed by atoms with Crippen LogP contribution in [-0.2, 0) is 14.3 Å². The highest BCUT2D eigenvalue weighted by atomic mass is 35.5. The Morgan fingerprint density at radius 3 is 2.80 bits per heavy atom. The predicted molar refractivity (Wildman–Crippen MR) is 98.3 cm³/mol. The van der Waals surface area contributed by atoms with Crippen LogP contribution in [-0.4, -0.2) is 34.3 Å². The Balaban J connectivity index is 1.93. The van der Waals surface area contributed by atoms with Gasteiger partial charge in [-0.25, -0.2) is 4.98 Å². The molecule has 25 heavy (non-hydrogen) atoms. The summed E-state index contributed by atoms with van der Waals surface area (Å²) in [5, 5.41) is 4.28. The summed E-state index contributed by atoms with van der Waals surface area (Å²) in [6.07, 6.45) is 1.27. The molecule has 2 heterocycles. The Kier molecular flexibility index (Phi) is 5.41. The molecule has 1 aromatic heterocycles. The van der Waals surface area contributed by atoms with Crippen LogP contribution in [0.5, 0.6) is 0 Å². The second-order valence-electron chi connectivity index (χ2n) is 6.45. The monoisotopic (exact) mass is 385 g/mol. The molecule has 1 saturated heterocycles. The van der Waals surface area contributed by atoms with E-state index in [1.54, 1.807) is 12.1 Å². The average molecular weight is 386 g/mol. The molecule has 0 aliphatic carbocycles. The third-order valence-electron chi connectivity index (χ3n) is 3.99. The molecule has 2 unspecified atom stereocenters. The van der Waals surface area contributed by atoms with Crippen molar-refractivity contribution in [2.45, 2.75) is 52.0 Å². The lowest BCUT2D eigenvalue weighted by molar-refractivity contribution is -0.145. The number of carbonyl (C=O) groups is 1. The summed E-state index contributed by atoms with van der Waals surface area (Å²) in [5.41, 5.74) is 1.61. The second-order valence-corrected chi connectivity index (χ2v) is 7.27. The molecule has 0 radical (unpaired) electrons. The number of hydrogen-bond donors (Lipinski definition) is 1. The summed E-state index contributed by atoms with van der Waals surface area (Å²) in [6.45, 7) is 5.75. The predicted octanol–water partition coefficient (Wildman–Crippen LogP) is 4.40. The van der Waals surface area contributed by atoms with Crippen LogP contribution in [0.2, 0.25) is 10.0 Å². The maximum absolute atomic E-state index is 11.0. The first-order chi connectivity index (χ1) is 11.8. The van der Waals surface area contributed by atoms with Gasteiger partial charge < -0.3 is 14.8 Å². The minimum Gasteiger partial charge on any atom is -0.463 e. The van der Waals surface area contributed by atoms with Crippen LogP contribution in [0.15, 0.2) is 12.1 Å². The number of imidazole rings is 1. The van der Waals surface area contributed by atoms with Gasteiger partial charge in [0.05, 0.1) is 27.2 Å². The highest BCUT2D eigenvalue weighted by Crippen LogP contribution is 2.37.